The van der Waals surface area contributed by atoms with E-state index in [0.29, 0.717) is 11.8 Å². The Kier molecular flexibility index (Phi) is 5.64. The molecule has 3 heteroatoms. The third-order valence-electron chi connectivity index (χ3n) is 4.19. The third kappa shape index (κ3) is 3.71. The number of carbonyl (C=O) groups is 1. The molecule has 0 aromatic heterocycles. The number of aliphatic hydroxyl groups is 1. The van der Waals surface area contributed by atoms with Crippen LogP contribution in [0.15, 0.2) is 0 Å². The lowest BCUT2D eigenvalue weighted by Gasteiger charge is -2.43. The van der Waals surface area contributed by atoms with Crippen molar-refractivity contribution in [3.05, 3.63) is 0 Å². The van der Waals surface area contributed by atoms with Gasteiger partial charge in [0.1, 0.15) is 0 Å². The first-order valence-electron chi connectivity index (χ1n) is 7.23. The zero-order valence-corrected chi connectivity index (χ0v) is 12.2. The third-order valence-corrected chi connectivity index (χ3v) is 4.19. The molecule has 1 aliphatic carbocycles. The van der Waals surface area contributed by atoms with Gasteiger partial charge in [0.2, 0.25) is 0 Å². The number of carbonyl (C=O) groups excluding carboxylic acids is 1. The molecule has 18 heavy (non-hydrogen) atoms. The SMILES string of the molecule is CCCCC(C(=O)OC)C1(O)CC(C)CC(C)C1. The fourth-order valence-corrected chi connectivity index (χ4v) is 3.58. The van der Waals surface area contributed by atoms with E-state index >= 15 is 0 Å². The van der Waals surface area contributed by atoms with E-state index in [4.69, 9.17) is 4.74 Å². The maximum Gasteiger partial charge on any atom is 0.311 e. The summed E-state index contributed by atoms with van der Waals surface area (Å²) < 4.78 is 4.90. The number of unbranched alkanes of at least 4 members (excludes halogenated alkanes) is 1. The van der Waals surface area contributed by atoms with Crippen molar-refractivity contribution in [2.75, 3.05) is 7.11 Å². The Bertz CT molecular complexity index is 265. The normalized spacial score (nSPS) is 34.1. The van der Waals surface area contributed by atoms with Crippen molar-refractivity contribution in [1.29, 1.82) is 0 Å². The van der Waals surface area contributed by atoms with Crippen molar-refractivity contribution in [1.82, 2.24) is 0 Å². The van der Waals surface area contributed by atoms with Gasteiger partial charge in [0.15, 0.2) is 0 Å². The largest absolute Gasteiger partial charge is 0.469 e. The Morgan fingerprint density at radius 2 is 1.94 bits per heavy atom. The van der Waals surface area contributed by atoms with Gasteiger partial charge in [-0.2, -0.15) is 0 Å². The topological polar surface area (TPSA) is 46.5 Å². The first kappa shape index (κ1) is 15.5. The standard InChI is InChI=1S/C15H28O3/c1-5-6-7-13(14(16)18-4)15(17)9-11(2)8-12(3)10-15/h11-13,17H,5-10H2,1-4H3. The van der Waals surface area contributed by atoms with E-state index in [2.05, 4.69) is 20.8 Å². The molecule has 0 aliphatic heterocycles. The molecule has 0 spiro atoms. The van der Waals surface area contributed by atoms with Crippen LogP contribution in [0.4, 0.5) is 0 Å². The molecule has 0 aromatic rings. The lowest BCUT2D eigenvalue weighted by Crippen LogP contribution is -2.48. The minimum Gasteiger partial charge on any atom is -0.469 e. The minimum absolute atomic E-state index is 0.243. The molecule has 3 unspecified atom stereocenters. The predicted octanol–water partition coefficient (Wildman–Crippen LogP) is 3.15. The average Bonchev–Trinajstić information content (AvgIpc) is 2.26. The highest BCUT2D eigenvalue weighted by molar-refractivity contribution is 5.73. The molecule has 3 atom stereocenters. The van der Waals surface area contributed by atoms with Crippen molar-refractivity contribution in [3.8, 4) is 0 Å². The summed E-state index contributed by atoms with van der Waals surface area (Å²) in [6.07, 6.45) is 5.32. The van der Waals surface area contributed by atoms with Crippen LogP contribution in [-0.2, 0) is 9.53 Å². The molecule has 0 saturated heterocycles. The molecule has 3 nitrogen and oxygen atoms in total. The Balaban J connectivity index is 2.83. The molecule has 1 rings (SSSR count). The summed E-state index contributed by atoms with van der Waals surface area (Å²) in [5.74, 6) is 0.361. The van der Waals surface area contributed by atoms with Crippen LogP contribution in [0, 0.1) is 17.8 Å². The monoisotopic (exact) mass is 256 g/mol. The summed E-state index contributed by atoms with van der Waals surface area (Å²) >= 11 is 0. The zero-order valence-electron chi connectivity index (χ0n) is 12.2. The average molecular weight is 256 g/mol. The number of rotatable bonds is 5. The van der Waals surface area contributed by atoms with Gasteiger partial charge in [-0.25, -0.2) is 0 Å². The fraction of sp³-hybridized carbons (Fsp3) is 0.933. The van der Waals surface area contributed by atoms with Gasteiger partial charge >= 0.3 is 5.97 Å². The van der Waals surface area contributed by atoms with Gasteiger partial charge in [-0.3, -0.25) is 4.79 Å². The van der Waals surface area contributed by atoms with Gasteiger partial charge in [-0.05, 0) is 37.5 Å². The van der Waals surface area contributed by atoms with E-state index in [9.17, 15) is 9.90 Å². The zero-order chi connectivity index (χ0) is 13.8. The summed E-state index contributed by atoms with van der Waals surface area (Å²) in [4.78, 5) is 12.0. The van der Waals surface area contributed by atoms with Gasteiger partial charge < -0.3 is 9.84 Å². The molecule has 1 N–H and O–H groups in total. The summed E-state index contributed by atoms with van der Waals surface area (Å²) in [7, 11) is 1.42. The summed E-state index contributed by atoms with van der Waals surface area (Å²) in [6.45, 7) is 6.42. The summed E-state index contributed by atoms with van der Waals surface area (Å²) in [6, 6.07) is 0. The van der Waals surface area contributed by atoms with Gasteiger partial charge in [0.05, 0.1) is 18.6 Å². The molecule has 1 saturated carbocycles. The van der Waals surface area contributed by atoms with Crippen molar-refractivity contribution in [3.63, 3.8) is 0 Å². The van der Waals surface area contributed by atoms with E-state index in [1.165, 1.54) is 7.11 Å². The van der Waals surface area contributed by atoms with Gasteiger partial charge in [-0.1, -0.05) is 33.6 Å². The molecular weight excluding hydrogens is 228 g/mol. The number of hydrogen-bond acceptors (Lipinski definition) is 3. The Labute approximate surface area is 111 Å². The molecule has 0 heterocycles. The van der Waals surface area contributed by atoms with E-state index in [1.54, 1.807) is 0 Å². The summed E-state index contributed by atoms with van der Waals surface area (Å²) in [5.41, 5.74) is -0.862. The fourth-order valence-electron chi connectivity index (χ4n) is 3.58. The van der Waals surface area contributed by atoms with Crippen molar-refractivity contribution >= 4 is 5.97 Å². The second-order valence-corrected chi connectivity index (χ2v) is 6.18. The molecule has 0 aromatic carbocycles. The van der Waals surface area contributed by atoms with Crippen molar-refractivity contribution < 1.29 is 14.6 Å². The molecular formula is C15H28O3. The van der Waals surface area contributed by atoms with Gasteiger partial charge in [0, 0.05) is 0 Å². The highest BCUT2D eigenvalue weighted by atomic mass is 16.5. The molecule has 106 valence electrons. The lowest BCUT2D eigenvalue weighted by atomic mass is 9.67. The Morgan fingerprint density at radius 3 is 2.39 bits per heavy atom. The smallest absolute Gasteiger partial charge is 0.311 e. The number of hydrogen-bond donors (Lipinski definition) is 1. The van der Waals surface area contributed by atoms with E-state index in [1.807, 2.05) is 0 Å². The number of esters is 1. The van der Waals surface area contributed by atoms with E-state index in [-0.39, 0.29) is 11.9 Å². The van der Waals surface area contributed by atoms with Gasteiger partial charge in [-0.15, -0.1) is 0 Å². The Hall–Kier alpha value is -0.570. The second kappa shape index (κ2) is 6.55. The first-order valence-corrected chi connectivity index (χ1v) is 7.23. The van der Waals surface area contributed by atoms with E-state index in [0.717, 1.165) is 38.5 Å². The van der Waals surface area contributed by atoms with Crippen LogP contribution in [0.1, 0.15) is 59.3 Å². The van der Waals surface area contributed by atoms with Gasteiger partial charge in [0.25, 0.3) is 0 Å². The van der Waals surface area contributed by atoms with Crippen LogP contribution >= 0.6 is 0 Å². The van der Waals surface area contributed by atoms with Crippen molar-refractivity contribution in [2.45, 2.75) is 64.9 Å². The van der Waals surface area contributed by atoms with Crippen LogP contribution in [0.3, 0.4) is 0 Å². The second-order valence-electron chi connectivity index (χ2n) is 6.18. The van der Waals surface area contributed by atoms with Crippen LogP contribution in [0.25, 0.3) is 0 Å². The Morgan fingerprint density at radius 1 is 1.39 bits per heavy atom. The van der Waals surface area contributed by atoms with Crippen LogP contribution in [0.2, 0.25) is 0 Å². The van der Waals surface area contributed by atoms with Crippen LogP contribution in [-0.4, -0.2) is 23.8 Å². The quantitative estimate of drug-likeness (QED) is 0.769. The molecule has 0 radical (unpaired) electrons. The maximum atomic E-state index is 12.0. The molecule has 0 amide bonds. The van der Waals surface area contributed by atoms with Crippen LogP contribution in [0.5, 0.6) is 0 Å². The van der Waals surface area contributed by atoms with Crippen molar-refractivity contribution in [2.24, 2.45) is 17.8 Å². The molecule has 1 fully saturated rings. The lowest BCUT2D eigenvalue weighted by molar-refractivity contribution is -0.162. The van der Waals surface area contributed by atoms with Crippen LogP contribution < -0.4 is 0 Å². The number of methoxy groups -OCH3 is 1. The maximum absolute atomic E-state index is 12.0. The van der Waals surface area contributed by atoms with E-state index < -0.39 is 5.60 Å². The minimum atomic E-state index is -0.862. The molecule has 1 aliphatic rings. The predicted molar refractivity (Wildman–Crippen MR) is 72.2 cm³/mol. The highest BCUT2D eigenvalue weighted by Gasteiger charge is 2.45. The summed E-state index contributed by atoms with van der Waals surface area (Å²) in [5, 5.41) is 10.9. The highest BCUT2D eigenvalue weighted by Crippen LogP contribution is 2.42. The number of ether oxygens (including phenoxy) is 1. The first-order chi connectivity index (χ1) is 8.42. The molecule has 0 bridgehead atoms.